The Hall–Kier alpha value is -1.06. The van der Waals surface area contributed by atoms with Crippen molar-refractivity contribution >= 4 is 11.9 Å². The highest BCUT2D eigenvalue weighted by Gasteiger charge is 2.62. The fraction of sp³-hybridized carbons (Fsp3) is 0.905. The van der Waals surface area contributed by atoms with Gasteiger partial charge in [0.25, 0.3) is 0 Å². The third-order valence-electron chi connectivity index (χ3n) is 5.24. The largest absolute Gasteiger partial charge is 0.481 e. The average molecular weight is 357 g/mol. The lowest BCUT2D eigenvalue weighted by Crippen LogP contribution is -2.57. The first-order valence-corrected chi connectivity index (χ1v) is 9.50. The van der Waals surface area contributed by atoms with Crippen LogP contribution < -0.4 is 0 Å². The number of carboxylic acids is 1. The Morgan fingerprint density at radius 3 is 1.64 bits per heavy atom. The third kappa shape index (κ3) is 5.21. The van der Waals surface area contributed by atoms with Gasteiger partial charge in [-0.05, 0) is 36.0 Å². The van der Waals surface area contributed by atoms with Gasteiger partial charge in [-0.25, -0.2) is 0 Å². The van der Waals surface area contributed by atoms with Gasteiger partial charge >= 0.3 is 11.9 Å². The van der Waals surface area contributed by atoms with Crippen LogP contribution in [0.25, 0.3) is 0 Å². The number of ether oxygens (including phenoxy) is 1. The van der Waals surface area contributed by atoms with Gasteiger partial charge in [0.05, 0.1) is 17.4 Å². The molecule has 0 aromatic carbocycles. The van der Waals surface area contributed by atoms with Gasteiger partial charge in [0.2, 0.25) is 0 Å². The van der Waals surface area contributed by atoms with E-state index in [1.54, 1.807) is 0 Å². The molecule has 0 saturated heterocycles. The minimum Gasteiger partial charge on any atom is -0.481 e. The number of hydrogen-bond donors (Lipinski definition) is 1. The van der Waals surface area contributed by atoms with Gasteiger partial charge in [0.15, 0.2) is 0 Å². The molecule has 0 aliphatic carbocycles. The number of carbonyl (C=O) groups is 2. The monoisotopic (exact) mass is 356 g/mol. The van der Waals surface area contributed by atoms with Crippen LogP contribution in [0.1, 0.15) is 88.5 Å². The lowest BCUT2D eigenvalue weighted by Gasteiger charge is -2.50. The van der Waals surface area contributed by atoms with Gasteiger partial charge in [-0.15, -0.1) is 0 Å². The molecule has 2 unspecified atom stereocenters. The number of aliphatic carboxylic acids is 1. The molecule has 4 heteroatoms. The fourth-order valence-electron chi connectivity index (χ4n) is 4.21. The molecule has 0 amide bonds. The van der Waals surface area contributed by atoms with Gasteiger partial charge in [-0.1, -0.05) is 69.2 Å². The van der Waals surface area contributed by atoms with Crippen molar-refractivity contribution in [3.05, 3.63) is 0 Å². The standard InChI is InChI=1S/C21H40O4/c1-11-20(16(22)23,13-18(5,6)7)21(12-2,15(3)4)17(24)25-14-19(8,9)10/h15H,11-14H2,1-10H3,(H,22,23). The molecule has 0 aromatic heterocycles. The minimum atomic E-state index is -1.15. The van der Waals surface area contributed by atoms with Crippen LogP contribution in [0.15, 0.2) is 0 Å². The lowest BCUT2D eigenvalue weighted by atomic mass is 9.51. The zero-order chi connectivity index (χ0) is 20.3. The van der Waals surface area contributed by atoms with Crippen LogP contribution in [-0.4, -0.2) is 23.7 Å². The molecule has 0 rings (SSSR count). The molecular weight excluding hydrogens is 316 g/mol. The molecular formula is C21H40O4. The van der Waals surface area contributed by atoms with E-state index >= 15 is 0 Å². The van der Waals surface area contributed by atoms with Crippen molar-refractivity contribution in [2.24, 2.45) is 27.6 Å². The van der Waals surface area contributed by atoms with Crippen LogP contribution in [0.2, 0.25) is 0 Å². The van der Waals surface area contributed by atoms with Gasteiger partial charge in [-0.3, -0.25) is 9.59 Å². The lowest BCUT2D eigenvalue weighted by molar-refractivity contribution is -0.190. The number of hydrogen-bond acceptors (Lipinski definition) is 3. The molecule has 1 N–H and O–H groups in total. The van der Waals surface area contributed by atoms with Crippen molar-refractivity contribution in [1.29, 1.82) is 0 Å². The van der Waals surface area contributed by atoms with Crippen molar-refractivity contribution < 1.29 is 19.4 Å². The SMILES string of the molecule is CCC(CC(C)(C)C)(C(=O)O)C(CC)(C(=O)OCC(C)(C)C)C(C)C. The summed E-state index contributed by atoms with van der Waals surface area (Å²) in [5.41, 5.74) is -2.57. The first-order valence-electron chi connectivity index (χ1n) is 9.50. The molecule has 0 heterocycles. The zero-order valence-corrected chi connectivity index (χ0v) is 18.1. The van der Waals surface area contributed by atoms with Crippen molar-refractivity contribution in [1.82, 2.24) is 0 Å². The Morgan fingerprint density at radius 2 is 1.40 bits per heavy atom. The normalized spacial score (nSPS) is 17.7. The van der Waals surface area contributed by atoms with E-state index in [9.17, 15) is 14.7 Å². The first kappa shape index (κ1) is 23.9. The summed E-state index contributed by atoms with van der Waals surface area (Å²) >= 11 is 0. The van der Waals surface area contributed by atoms with Gasteiger partial charge in [-0.2, -0.15) is 0 Å². The summed E-state index contributed by atoms with van der Waals surface area (Å²) in [5, 5.41) is 10.3. The van der Waals surface area contributed by atoms with Crippen molar-refractivity contribution in [2.45, 2.75) is 88.5 Å². The fourth-order valence-corrected chi connectivity index (χ4v) is 4.21. The van der Waals surface area contributed by atoms with Crippen LogP contribution in [0, 0.1) is 27.6 Å². The second-order valence-electron chi connectivity index (χ2n) is 10.1. The zero-order valence-electron chi connectivity index (χ0n) is 18.1. The molecule has 0 aliphatic rings. The summed E-state index contributed by atoms with van der Waals surface area (Å²) in [6.45, 7) is 20.1. The number of esters is 1. The van der Waals surface area contributed by atoms with Crippen molar-refractivity contribution in [3.8, 4) is 0 Å². The maximum atomic E-state index is 13.3. The van der Waals surface area contributed by atoms with Crippen molar-refractivity contribution in [3.63, 3.8) is 0 Å². The smallest absolute Gasteiger partial charge is 0.313 e. The molecule has 4 nitrogen and oxygen atoms in total. The Morgan fingerprint density at radius 1 is 0.920 bits per heavy atom. The molecule has 0 aromatic rings. The van der Waals surface area contributed by atoms with Crippen molar-refractivity contribution in [2.75, 3.05) is 6.61 Å². The van der Waals surface area contributed by atoms with E-state index < -0.39 is 16.8 Å². The quantitative estimate of drug-likeness (QED) is 0.579. The van der Waals surface area contributed by atoms with Gasteiger partial charge in [0, 0.05) is 0 Å². The van der Waals surface area contributed by atoms with Crippen LogP contribution in [0.4, 0.5) is 0 Å². The second-order valence-corrected chi connectivity index (χ2v) is 10.1. The van der Waals surface area contributed by atoms with E-state index in [1.807, 2.05) is 69.2 Å². The third-order valence-corrected chi connectivity index (χ3v) is 5.24. The predicted octanol–water partition coefficient (Wildman–Crippen LogP) is 5.55. The van der Waals surface area contributed by atoms with Gasteiger partial charge < -0.3 is 9.84 Å². The summed E-state index contributed by atoms with van der Waals surface area (Å²) < 4.78 is 5.69. The first-order chi connectivity index (χ1) is 11.1. The maximum absolute atomic E-state index is 13.3. The Bertz CT molecular complexity index is 467. The number of carbonyl (C=O) groups excluding carboxylic acids is 1. The average Bonchev–Trinajstić information content (AvgIpc) is 2.42. The molecule has 0 radical (unpaired) electrons. The Labute approximate surface area is 154 Å². The second kappa shape index (κ2) is 8.09. The van der Waals surface area contributed by atoms with E-state index in [2.05, 4.69) is 0 Å². The summed E-state index contributed by atoms with van der Waals surface area (Å²) in [7, 11) is 0. The number of carboxylic acid groups (broad SMARTS) is 1. The highest BCUT2D eigenvalue weighted by molar-refractivity contribution is 5.88. The van der Waals surface area contributed by atoms with Crippen LogP contribution in [-0.2, 0) is 14.3 Å². The summed E-state index contributed by atoms with van der Waals surface area (Å²) in [6.07, 6.45) is 1.28. The molecule has 0 fully saturated rings. The van der Waals surface area contributed by atoms with Crippen LogP contribution in [0.3, 0.4) is 0 Å². The predicted molar refractivity (Wildman–Crippen MR) is 102 cm³/mol. The summed E-state index contributed by atoms with van der Waals surface area (Å²) in [6, 6.07) is 0. The Kier molecular flexibility index (Phi) is 7.75. The molecule has 0 saturated carbocycles. The van der Waals surface area contributed by atoms with Gasteiger partial charge in [0.1, 0.15) is 0 Å². The highest BCUT2D eigenvalue weighted by atomic mass is 16.5. The van der Waals surface area contributed by atoms with E-state index in [4.69, 9.17) is 4.74 Å². The Balaban J connectivity index is 6.33. The van der Waals surface area contributed by atoms with Crippen LogP contribution >= 0.6 is 0 Å². The van der Waals surface area contributed by atoms with Crippen LogP contribution in [0.5, 0.6) is 0 Å². The summed E-state index contributed by atoms with van der Waals surface area (Å²) in [5.74, 6) is -1.40. The molecule has 25 heavy (non-hydrogen) atoms. The van der Waals surface area contributed by atoms with E-state index in [0.29, 0.717) is 19.3 Å². The van der Waals surface area contributed by atoms with E-state index in [0.717, 1.165) is 0 Å². The molecule has 2 atom stereocenters. The van der Waals surface area contributed by atoms with E-state index in [-0.39, 0.29) is 29.3 Å². The minimum absolute atomic E-state index is 0.136. The maximum Gasteiger partial charge on any atom is 0.313 e. The molecule has 148 valence electrons. The number of rotatable bonds is 8. The topological polar surface area (TPSA) is 63.6 Å². The molecule has 0 aliphatic heterocycles. The highest BCUT2D eigenvalue weighted by Crippen LogP contribution is 2.56. The summed E-state index contributed by atoms with van der Waals surface area (Å²) in [4.78, 5) is 25.8. The molecule has 0 spiro atoms. The molecule has 0 bridgehead atoms. The van der Waals surface area contributed by atoms with E-state index in [1.165, 1.54) is 0 Å².